The zero-order valence-corrected chi connectivity index (χ0v) is 20.7. The molecule has 2 aliphatic carbocycles. The second-order valence-corrected chi connectivity index (χ2v) is 10.7. The molecule has 2 bridgehead atoms. The van der Waals surface area contributed by atoms with Gasteiger partial charge in [0, 0.05) is 12.1 Å². The molecular formula is C29H32N2O5. The van der Waals surface area contributed by atoms with Crippen molar-refractivity contribution < 1.29 is 23.9 Å². The monoisotopic (exact) mass is 488 g/mol. The van der Waals surface area contributed by atoms with Gasteiger partial charge in [-0.3, -0.25) is 19.3 Å². The highest BCUT2D eigenvalue weighted by atomic mass is 16.5. The van der Waals surface area contributed by atoms with Gasteiger partial charge in [-0.1, -0.05) is 44.2 Å². The minimum Gasteiger partial charge on any atom is -0.462 e. The molecule has 2 aromatic carbocycles. The number of esters is 1. The molecule has 3 amide bonds. The van der Waals surface area contributed by atoms with E-state index in [1.807, 2.05) is 44.2 Å². The number of benzene rings is 2. The average molecular weight is 489 g/mol. The lowest BCUT2D eigenvalue weighted by Gasteiger charge is -2.27. The highest BCUT2D eigenvalue weighted by molar-refractivity contribution is 6.10. The van der Waals surface area contributed by atoms with Gasteiger partial charge in [-0.15, -0.1) is 0 Å². The summed E-state index contributed by atoms with van der Waals surface area (Å²) in [5.74, 6) is -1.04. The maximum atomic E-state index is 13.5. The van der Waals surface area contributed by atoms with Crippen molar-refractivity contribution in [1.82, 2.24) is 4.90 Å². The number of likely N-dealkylation sites (tertiary alicyclic amines) is 1. The number of hydrogen-bond donors (Lipinski definition) is 1. The van der Waals surface area contributed by atoms with Gasteiger partial charge in [0.15, 0.2) is 0 Å². The summed E-state index contributed by atoms with van der Waals surface area (Å²) in [6.07, 6.45) is 3.17. The molecule has 1 heterocycles. The Kier molecular flexibility index (Phi) is 6.65. The van der Waals surface area contributed by atoms with E-state index in [9.17, 15) is 19.2 Å². The number of nitrogens with one attached hydrogen (secondary N) is 1. The van der Waals surface area contributed by atoms with Crippen LogP contribution < -0.4 is 5.32 Å². The summed E-state index contributed by atoms with van der Waals surface area (Å²) >= 11 is 0. The highest BCUT2D eigenvalue weighted by Crippen LogP contribution is 2.56. The van der Waals surface area contributed by atoms with Gasteiger partial charge in [0.1, 0.15) is 6.04 Å². The van der Waals surface area contributed by atoms with Gasteiger partial charge in [-0.2, -0.15) is 0 Å². The molecule has 7 heteroatoms. The number of carbonyl (C=O) groups is 4. The number of ether oxygens (including phenoxy) is 1. The van der Waals surface area contributed by atoms with Crippen LogP contribution >= 0.6 is 0 Å². The lowest BCUT2D eigenvalue weighted by Crippen LogP contribution is -2.49. The molecule has 2 aromatic rings. The van der Waals surface area contributed by atoms with E-state index in [0.29, 0.717) is 17.9 Å². The Hall–Kier alpha value is -3.48. The van der Waals surface area contributed by atoms with Crippen LogP contribution in [0.2, 0.25) is 0 Å². The lowest BCUT2D eigenvalue weighted by atomic mass is 9.81. The van der Waals surface area contributed by atoms with E-state index in [4.69, 9.17) is 4.74 Å². The highest BCUT2D eigenvalue weighted by Gasteiger charge is 2.62. The molecule has 5 rings (SSSR count). The van der Waals surface area contributed by atoms with E-state index in [2.05, 4.69) is 5.32 Å². The summed E-state index contributed by atoms with van der Waals surface area (Å²) < 4.78 is 5.26. The van der Waals surface area contributed by atoms with E-state index < -0.39 is 17.9 Å². The fourth-order valence-electron chi connectivity index (χ4n) is 6.12. The molecule has 36 heavy (non-hydrogen) atoms. The molecule has 3 fully saturated rings. The molecule has 0 aromatic heterocycles. The first kappa shape index (κ1) is 24.2. The van der Waals surface area contributed by atoms with Crippen molar-refractivity contribution in [3.8, 4) is 0 Å². The molecule has 0 spiro atoms. The van der Waals surface area contributed by atoms with Crippen LogP contribution in [0.4, 0.5) is 5.69 Å². The summed E-state index contributed by atoms with van der Waals surface area (Å²) in [5.41, 5.74) is 1.75. The maximum absolute atomic E-state index is 13.5. The van der Waals surface area contributed by atoms with Gasteiger partial charge in [-0.05, 0) is 66.8 Å². The number of imide groups is 1. The predicted molar refractivity (Wildman–Crippen MR) is 134 cm³/mol. The van der Waals surface area contributed by atoms with E-state index >= 15 is 0 Å². The average Bonchev–Trinajstić information content (AvgIpc) is 3.56. The number of rotatable bonds is 8. The summed E-state index contributed by atoms with van der Waals surface area (Å²) in [6, 6.07) is 15.0. The normalized spacial score (nSPS) is 25.2. The third kappa shape index (κ3) is 4.54. The van der Waals surface area contributed by atoms with E-state index in [1.165, 1.54) is 4.90 Å². The Morgan fingerprint density at radius 3 is 2.14 bits per heavy atom. The number of nitrogens with zero attached hydrogens (tertiary/aromatic N) is 1. The predicted octanol–water partition coefficient (Wildman–Crippen LogP) is 4.08. The Labute approximate surface area is 211 Å². The molecule has 1 aliphatic heterocycles. The minimum atomic E-state index is -0.937. The van der Waals surface area contributed by atoms with Gasteiger partial charge in [0.25, 0.3) is 0 Å². The number of hydrogen-bond acceptors (Lipinski definition) is 5. The standard InChI is InChI=1S/C29H32N2O5/c1-17(2)16-36-29(35)19-10-12-22(13-11-19)30-26(32)23(14-18-6-4-3-5-7-18)31-27(33)24-20-8-9-21(15-20)25(24)28(31)34/h3-7,10-13,17,20-21,23-25H,8-9,14-16H2,1-2H3,(H,30,32)/t20-,21-,23-,24-,25-/m0/s1. The first-order valence-electron chi connectivity index (χ1n) is 12.8. The summed E-state index contributed by atoms with van der Waals surface area (Å²) in [7, 11) is 0. The van der Waals surface area contributed by atoms with Crippen molar-refractivity contribution in [2.24, 2.45) is 29.6 Å². The molecule has 1 saturated heterocycles. The minimum absolute atomic E-state index is 0.198. The van der Waals surface area contributed by atoms with E-state index in [0.717, 1.165) is 24.8 Å². The molecular weight excluding hydrogens is 456 g/mol. The molecule has 1 N–H and O–H groups in total. The van der Waals surface area contributed by atoms with Crippen LogP contribution in [0.15, 0.2) is 54.6 Å². The SMILES string of the molecule is CC(C)COC(=O)c1ccc(NC(=O)[C@H](Cc2ccccc2)N2C(=O)[C@H]3[C@H]4CC[C@@H](C4)[C@@H]3C2=O)cc1. The number of fused-ring (bicyclic) bond motifs is 5. The van der Waals surface area contributed by atoms with Crippen molar-refractivity contribution in [1.29, 1.82) is 0 Å². The van der Waals surface area contributed by atoms with Crippen molar-refractivity contribution in [3.63, 3.8) is 0 Å². The molecule has 2 saturated carbocycles. The van der Waals surface area contributed by atoms with Crippen LogP contribution in [0.5, 0.6) is 0 Å². The van der Waals surface area contributed by atoms with Gasteiger partial charge in [-0.25, -0.2) is 4.79 Å². The van der Waals surface area contributed by atoms with Gasteiger partial charge >= 0.3 is 5.97 Å². The van der Waals surface area contributed by atoms with Gasteiger partial charge < -0.3 is 10.1 Å². The number of carbonyl (C=O) groups excluding carboxylic acids is 4. The molecule has 0 radical (unpaired) electrons. The zero-order valence-electron chi connectivity index (χ0n) is 20.7. The molecule has 5 atom stereocenters. The summed E-state index contributed by atoms with van der Waals surface area (Å²) in [5, 5.41) is 2.86. The van der Waals surface area contributed by atoms with Crippen LogP contribution in [0.25, 0.3) is 0 Å². The van der Waals surface area contributed by atoms with Gasteiger partial charge in [0.2, 0.25) is 17.7 Å². The number of amides is 3. The molecule has 0 unspecified atom stereocenters. The lowest BCUT2D eigenvalue weighted by molar-refractivity contribution is -0.147. The summed E-state index contributed by atoms with van der Waals surface area (Å²) in [4.78, 5) is 54.0. The second kappa shape index (κ2) is 9.88. The van der Waals surface area contributed by atoms with Crippen LogP contribution in [0, 0.1) is 29.6 Å². The maximum Gasteiger partial charge on any atom is 0.338 e. The van der Waals surface area contributed by atoms with Gasteiger partial charge in [0.05, 0.1) is 24.0 Å². The first-order chi connectivity index (χ1) is 17.3. The Morgan fingerprint density at radius 1 is 0.944 bits per heavy atom. The van der Waals surface area contributed by atoms with Crippen LogP contribution in [0.1, 0.15) is 49.0 Å². The molecule has 188 valence electrons. The first-order valence-corrected chi connectivity index (χ1v) is 12.8. The fraction of sp³-hybridized carbons (Fsp3) is 0.448. The Bertz CT molecular complexity index is 1130. The van der Waals surface area contributed by atoms with Crippen LogP contribution in [-0.2, 0) is 25.5 Å². The largest absolute Gasteiger partial charge is 0.462 e. The van der Waals surface area contributed by atoms with Crippen molar-refractivity contribution >= 4 is 29.4 Å². The third-order valence-corrected chi connectivity index (χ3v) is 7.78. The Balaban J connectivity index is 1.35. The van der Waals surface area contributed by atoms with Crippen LogP contribution in [0.3, 0.4) is 0 Å². The van der Waals surface area contributed by atoms with E-state index in [1.54, 1.807) is 24.3 Å². The van der Waals surface area contributed by atoms with Crippen molar-refractivity contribution in [2.75, 3.05) is 11.9 Å². The zero-order chi connectivity index (χ0) is 25.4. The molecule has 3 aliphatic rings. The Morgan fingerprint density at radius 2 is 1.56 bits per heavy atom. The smallest absolute Gasteiger partial charge is 0.338 e. The van der Waals surface area contributed by atoms with Crippen LogP contribution in [-0.4, -0.2) is 41.2 Å². The summed E-state index contributed by atoms with van der Waals surface area (Å²) in [6.45, 7) is 4.26. The van der Waals surface area contributed by atoms with Crippen molar-refractivity contribution in [2.45, 2.75) is 45.6 Å². The quantitative estimate of drug-likeness (QED) is 0.447. The second-order valence-electron chi connectivity index (χ2n) is 10.7. The fourth-order valence-corrected chi connectivity index (χ4v) is 6.12. The van der Waals surface area contributed by atoms with Crippen molar-refractivity contribution in [3.05, 3.63) is 65.7 Å². The topological polar surface area (TPSA) is 92.8 Å². The molecule has 7 nitrogen and oxygen atoms in total. The van der Waals surface area contributed by atoms with E-state index in [-0.39, 0.29) is 47.8 Å². The third-order valence-electron chi connectivity index (χ3n) is 7.78. The number of anilines is 1.